The lowest BCUT2D eigenvalue weighted by molar-refractivity contribution is 1.17. The molecule has 1 N–H and O–H groups in total. The molecule has 0 spiro atoms. The van der Waals surface area contributed by atoms with Crippen LogP contribution in [0.5, 0.6) is 0 Å². The van der Waals surface area contributed by atoms with Crippen molar-refractivity contribution in [3.8, 4) is 11.8 Å². The molecule has 2 nitrogen and oxygen atoms in total. The van der Waals surface area contributed by atoms with Crippen molar-refractivity contribution in [1.82, 2.24) is 4.98 Å². The molecule has 0 atom stereocenters. The Bertz CT molecular complexity index is 383. The van der Waals surface area contributed by atoms with Crippen molar-refractivity contribution in [1.29, 1.82) is 0 Å². The summed E-state index contributed by atoms with van der Waals surface area (Å²) in [6.45, 7) is 1.75. The van der Waals surface area contributed by atoms with Crippen LogP contribution in [-0.2, 0) is 0 Å². The number of thiol groups is 1. The van der Waals surface area contributed by atoms with Gasteiger partial charge in [-0.2, -0.15) is 12.6 Å². The molecule has 0 amide bonds. The first-order valence-electron chi connectivity index (χ1n) is 3.53. The lowest BCUT2D eigenvalue weighted by atomic mass is 10.2. The third-order valence-electron chi connectivity index (χ3n) is 1.40. The van der Waals surface area contributed by atoms with Gasteiger partial charge in [0.25, 0.3) is 5.56 Å². The summed E-state index contributed by atoms with van der Waals surface area (Å²) in [4.78, 5) is 13.5. The standard InChI is InChI=1S/C9H9NOS/c1-7-5-8(3-2-4-12)6-10-9(7)11/h5-6,12H,4H2,1H3,(H,10,11). The summed E-state index contributed by atoms with van der Waals surface area (Å²) < 4.78 is 0. The molecule has 0 bridgehead atoms. The minimum Gasteiger partial charge on any atom is -0.328 e. The number of rotatable bonds is 0. The maximum absolute atomic E-state index is 10.9. The van der Waals surface area contributed by atoms with Gasteiger partial charge < -0.3 is 4.98 Å². The summed E-state index contributed by atoms with van der Waals surface area (Å²) in [7, 11) is 0. The van der Waals surface area contributed by atoms with Crippen LogP contribution >= 0.6 is 12.6 Å². The van der Waals surface area contributed by atoms with E-state index in [9.17, 15) is 4.79 Å². The fraction of sp³-hybridized carbons (Fsp3) is 0.222. The third-order valence-corrected chi connectivity index (χ3v) is 1.56. The summed E-state index contributed by atoms with van der Waals surface area (Å²) in [6, 6.07) is 1.76. The van der Waals surface area contributed by atoms with Crippen molar-refractivity contribution in [3.05, 3.63) is 33.7 Å². The maximum Gasteiger partial charge on any atom is 0.250 e. The normalized spacial score (nSPS) is 8.83. The quantitative estimate of drug-likeness (QED) is 0.451. The van der Waals surface area contributed by atoms with Gasteiger partial charge in [0.15, 0.2) is 0 Å². The zero-order valence-corrected chi connectivity index (χ0v) is 7.61. The number of aromatic amines is 1. The Balaban J connectivity index is 3.05. The summed E-state index contributed by atoms with van der Waals surface area (Å²) in [6.07, 6.45) is 1.60. The summed E-state index contributed by atoms with van der Waals surface area (Å²) in [5.41, 5.74) is 1.44. The molecule has 62 valence electrons. The van der Waals surface area contributed by atoms with E-state index in [1.165, 1.54) is 0 Å². The highest BCUT2D eigenvalue weighted by molar-refractivity contribution is 7.80. The van der Waals surface area contributed by atoms with Gasteiger partial charge in [0, 0.05) is 17.3 Å². The van der Waals surface area contributed by atoms with E-state index in [0.717, 1.165) is 5.56 Å². The van der Waals surface area contributed by atoms with Gasteiger partial charge >= 0.3 is 0 Å². The number of pyridine rings is 1. The first-order chi connectivity index (χ1) is 5.74. The molecule has 0 saturated carbocycles. The molecular formula is C9H9NOS. The second-order valence-electron chi connectivity index (χ2n) is 2.36. The number of H-pyrrole nitrogens is 1. The summed E-state index contributed by atoms with van der Waals surface area (Å²) >= 11 is 3.95. The Kier molecular flexibility index (Phi) is 3.01. The number of aromatic nitrogens is 1. The molecule has 0 aliphatic rings. The van der Waals surface area contributed by atoms with E-state index in [0.29, 0.717) is 11.3 Å². The number of nitrogens with one attached hydrogen (secondary N) is 1. The number of hydrogen-bond donors (Lipinski definition) is 2. The van der Waals surface area contributed by atoms with Gasteiger partial charge in [-0.3, -0.25) is 4.79 Å². The van der Waals surface area contributed by atoms with Crippen molar-refractivity contribution < 1.29 is 0 Å². The molecule has 0 radical (unpaired) electrons. The van der Waals surface area contributed by atoms with Crippen LogP contribution < -0.4 is 5.56 Å². The third kappa shape index (κ3) is 2.18. The molecule has 0 fully saturated rings. The van der Waals surface area contributed by atoms with Crippen LogP contribution in [0, 0.1) is 18.8 Å². The minimum absolute atomic E-state index is 0.0635. The largest absolute Gasteiger partial charge is 0.328 e. The predicted molar refractivity (Wildman–Crippen MR) is 52.5 cm³/mol. The van der Waals surface area contributed by atoms with Gasteiger partial charge in [0.2, 0.25) is 0 Å². The zero-order chi connectivity index (χ0) is 8.97. The van der Waals surface area contributed by atoms with Crippen molar-refractivity contribution in [2.24, 2.45) is 0 Å². The van der Waals surface area contributed by atoms with Crippen molar-refractivity contribution >= 4 is 12.6 Å². The second kappa shape index (κ2) is 4.03. The second-order valence-corrected chi connectivity index (χ2v) is 2.68. The molecule has 0 aromatic carbocycles. The topological polar surface area (TPSA) is 32.9 Å². The molecule has 0 saturated heterocycles. The van der Waals surface area contributed by atoms with Crippen LogP contribution in [0.25, 0.3) is 0 Å². The molecule has 3 heteroatoms. The zero-order valence-electron chi connectivity index (χ0n) is 6.72. The van der Waals surface area contributed by atoms with E-state index < -0.39 is 0 Å². The molecule has 1 rings (SSSR count). The summed E-state index contributed by atoms with van der Waals surface area (Å²) in [5, 5.41) is 0. The molecule has 0 aliphatic heterocycles. The van der Waals surface area contributed by atoms with Gasteiger partial charge in [0.1, 0.15) is 0 Å². The first-order valence-corrected chi connectivity index (χ1v) is 4.16. The summed E-state index contributed by atoms with van der Waals surface area (Å²) in [5.74, 6) is 6.20. The number of hydrogen-bond acceptors (Lipinski definition) is 2. The van der Waals surface area contributed by atoms with E-state index in [1.807, 2.05) is 0 Å². The fourth-order valence-electron chi connectivity index (χ4n) is 0.811. The Morgan fingerprint density at radius 1 is 1.67 bits per heavy atom. The molecule has 1 aromatic rings. The molecule has 1 heterocycles. The van der Waals surface area contributed by atoms with Crippen molar-refractivity contribution in [2.75, 3.05) is 5.75 Å². The average molecular weight is 179 g/mol. The Morgan fingerprint density at radius 2 is 2.42 bits per heavy atom. The smallest absolute Gasteiger partial charge is 0.250 e. The fourth-order valence-corrected chi connectivity index (χ4v) is 0.890. The Labute approximate surface area is 76.4 Å². The first kappa shape index (κ1) is 8.95. The van der Waals surface area contributed by atoms with E-state index in [1.54, 1.807) is 19.2 Å². The highest BCUT2D eigenvalue weighted by atomic mass is 32.1. The van der Waals surface area contributed by atoms with Gasteiger partial charge in [-0.05, 0) is 13.0 Å². The van der Waals surface area contributed by atoms with Gasteiger partial charge in [-0.25, -0.2) is 0 Å². The minimum atomic E-state index is -0.0635. The lowest BCUT2D eigenvalue weighted by Crippen LogP contribution is -2.08. The van der Waals surface area contributed by atoms with Crippen LogP contribution in [0.1, 0.15) is 11.1 Å². The Morgan fingerprint density at radius 3 is 3.00 bits per heavy atom. The number of aryl methyl sites for hydroxylation is 1. The van der Waals surface area contributed by atoms with Crippen LogP contribution in [0.2, 0.25) is 0 Å². The van der Waals surface area contributed by atoms with Crippen LogP contribution in [-0.4, -0.2) is 10.7 Å². The van der Waals surface area contributed by atoms with E-state index in [2.05, 4.69) is 29.5 Å². The van der Waals surface area contributed by atoms with Crippen LogP contribution in [0.3, 0.4) is 0 Å². The van der Waals surface area contributed by atoms with E-state index >= 15 is 0 Å². The van der Waals surface area contributed by atoms with Crippen LogP contribution in [0.15, 0.2) is 17.1 Å². The molecular weight excluding hydrogens is 170 g/mol. The van der Waals surface area contributed by atoms with Crippen LogP contribution in [0.4, 0.5) is 0 Å². The lowest BCUT2D eigenvalue weighted by Gasteiger charge is -1.91. The highest BCUT2D eigenvalue weighted by Gasteiger charge is 1.92. The average Bonchev–Trinajstić information content (AvgIpc) is 2.07. The van der Waals surface area contributed by atoms with Gasteiger partial charge in [-0.15, -0.1) is 0 Å². The van der Waals surface area contributed by atoms with E-state index in [4.69, 9.17) is 0 Å². The monoisotopic (exact) mass is 179 g/mol. The molecule has 0 aliphatic carbocycles. The SMILES string of the molecule is Cc1cc(C#CCS)c[nH]c1=O. The van der Waals surface area contributed by atoms with Gasteiger partial charge in [-0.1, -0.05) is 11.8 Å². The van der Waals surface area contributed by atoms with Gasteiger partial charge in [0.05, 0.1) is 5.75 Å². The van der Waals surface area contributed by atoms with E-state index in [-0.39, 0.29) is 5.56 Å². The molecule has 1 aromatic heterocycles. The van der Waals surface area contributed by atoms with Crippen molar-refractivity contribution in [2.45, 2.75) is 6.92 Å². The predicted octanol–water partition coefficient (Wildman–Crippen LogP) is 0.965. The van der Waals surface area contributed by atoms with Crippen molar-refractivity contribution in [3.63, 3.8) is 0 Å². The molecule has 12 heavy (non-hydrogen) atoms. The molecule has 0 unspecified atom stereocenters. The highest BCUT2D eigenvalue weighted by Crippen LogP contribution is 1.94. The Hall–Kier alpha value is -1.14. The maximum atomic E-state index is 10.9.